The summed E-state index contributed by atoms with van der Waals surface area (Å²) in [6.45, 7) is 4.07. The number of nitrogens with zero attached hydrogens (tertiary/aromatic N) is 1. The number of aryl methyl sites for hydroxylation is 2. The highest BCUT2D eigenvalue weighted by Gasteiger charge is 2.16. The summed E-state index contributed by atoms with van der Waals surface area (Å²) in [4.78, 5) is 16.4. The molecule has 108 valence electrons. The molecule has 0 saturated heterocycles. The second-order valence-electron chi connectivity index (χ2n) is 4.84. The van der Waals surface area contributed by atoms with Crippen molar-refractivity contribution in [3.63, 3.8) is 0 Å². The first-order valence-electron chi connectivity index (χ1n) is 6.89. The number of hydrogen-bond donors (Lipinski definition) is 1. The molecular weight excluding hydrogens is 268 g/mol. The Morgan fingerprint density at radius 1 is 1.29 bits per heavy atom. The van der Waals surface area contributed by atoms with Crippen LogP contribution in [0.4, 0.5) is 0 Å². The van der Waals surface area contributed by atoms with Gasteiger partial charge in [0.25, 0.3) is 5.91 Å². The second kappa shape index (κ2) is 5.44. The zero-order chi connectivity index (χ0) is 14.8. The fourth-order valence-electron chi connectivity index (χ4n) is 2.18. The normalized spacial score (nSPS) is 11.0. The van der Waals surface area contributed by atoms with Crippen LogP contribution in [0.25, 0.3) is 11.1 Å². The molecule has 2 aromatic heterocycles. The van der Waals surface area contributed by atoms with E-state index < -0.39 is 0 Å². The minimum atomic E-state index is -0.255. The van der Waals surface area contributed by atoms with E-state index in [2.05, 4.69) is 10.3 Å². The van der Waals surface area contributed by atoms with E-state index in [-0.39, 0.29) is 12.5 Å². The van der Waals surface area contributed by atoms with Crippen molar-refractivity contribution in [1.82, 2.24) is 10.3 Å². The third-order valence-corrected chi connectivity index (χ3v) is 3.26. The number of fused-ring (bicyclic) bond motifs is 1. The molecule has 1 amide bonds. The van der Waals surface area contributed by atoms with Gasteiger partial charge in [-0.25, -0.2) is 4.98 Å². The maximum atomic E-state index is 12.1. The monoisotopic (exact) mass is 284 g/mol. The summed E-state index contributed by atoms with van der Waals surface area (Å²) in [5.74, 6) is 1.38. The van der Waals surface area contributed by atoms with Gasteiger partial charge in [-0.1, -0.05) is 19.1 Å². The number of nitrogens with one attached hydrogen (secondary N) is 1. The number of carbonyl (C=O) groups is 1. The first-order chi connectivity index (χ1) is 10.2. The summed E-state index contributed by atoms with van der Waals surface area (Å²) >= 11 is 0. The molecule has 0 atom stereocenters. The van der Waals surface area contributed by atoms with Gasteiger partial charge in [0.2, 0.25) is 5.89 Å². The largest absolute Gasteiger partial charge is 0.456 e. The molecule has 2 heterocycles. The Labute approximate surface area is 122 Å². The number of carbonyl (C=O) groups excluding carboxylic acids is 1. The zero-order valence-corrected chi connectivity index (χ0v) is 12.0. The van der Waals surface area contributed by atoms with Crippen LogP contribution in [0, 0.1) is 6.92 Å². The Morgan fingerprint density at radius 2 is 2.10 bits per heavy atom. The standard InChI is InChI=1S/C16H16N2O3/c1-3-11-8-10(2)15(20-11)16(19)17-9-14-18-12-6-4-5-7-13(12)21-14/h4-8H,3,9H2,1-2H3,(H,17,19). The number of amides is 1. The van der Waals surface area contributed by atoms with E-state index >= 15 is 0 Å². The van der Waals surface area contributed by atoms with E-state index in [1.807, 2.05) is 44.2 Å². The van der Waals surface area contributed by atoms with Crippen LogP contribution >= 0.6 is 0 Å². The highest BCUT2D eigenvalue weighted by molar-refractivity contribution is 5.92. The lowest BCUT2D eigenvalue weighted by Gasteiger charge is -2.00. The van der Waals surface area contributed by atoms with Crippen LogP contribution in [0.5, 0.6) is 0 Å². The minimum Gasteiger partial charge on any atom is -0.456 e. The Balaban J connectivity index is 1.71. The Kier molecular flexibility index (Phi) is 3.48. The SMILES string of the molecule is CCc1cc(C)c(C(=O)NCc2nc3ccccc3o2)o1. The maximum absolute atomic E-state index is 12.1. The summed E-state index contributed by atoms with van der Waals surface area (Å²) < 4.78 is 11.1. The molecule has 1 aromatic carbocycles. The molecule has 0 aliphatic heterocycles. The van der Waals surface area contributed by atoms with Gasteiger partial charge in [0.15, 0.2) is 11.3 Å². The predicted molar refractivity (Wildman–Crippen MR) is 78.0 cm³/mol. The van der Waals surface area contributed by atoms with Crippen molar-refractivity contribution >= 4 is 17.0 Å². The van der Waals surface area contributed by atoms with Crippen molar-refractivity contribution < 1.29 is 13.6 Å². The van der Waals surface area contributed by atoms with Crippen LogP contribution in [-0.4, -0.2) is 10.9 Å². The molecular formula is C16H16N2O3. The van der Waals surface area contributed by atoms with Crippen LogP contribution in [0.15, 0.2) is 39.2 Å². The third-order valence-electron chi connectivity index (χ3n) is 3.26. The van der Waals surface area contributed by atoms with Gasteiger partial charge in [0.1, 0.15) is 11.3 Å². The molecule has 5 heteroatoms. The van der Waals surface area contributed by atoms with E-state index in [1.54, 1.807) is 0 Å². The number of oxazole rings is 1. The highest BCUT2D eigenvalue weighted by Crippen LogP contribution is 2.16. The summed E-state index contributed by atoms with van der Waals surface area (Å²) in [6.07, 6.45) is 0.763. The smallest absolute Gasteiger partial charge is 0.287 e. The summed E-state index contributed by atoms with van der Waals surface area (Å²) in [5.41, 5.74) is 2.33. The summed E-state index contributed by atoms with van der Waals surface area (Å²) in [5, 5.41) is 2.77. The van der Waals surface area contributed by atoms with Gasteiger partial charge in [0, 0.05) is 12.0 Å². The molecule has 5 nitrogen and oxygen atoms in total. The van der Waals surface area contributed by atoms with Crippen molar-refractivity contribution in [2.45, 2.75) is 26.8 Å². The molecule has 0 aliphatic carbocycles. The molecule has 0 unspecified atom stereocenters. The fourth-order valence-corrected chi connectivity index (χ4v) is 2.18. The number of benzene rings is 1. The Bertz CT molecular complexity index is 753. The molecule has 0 spiro atoms. The summed E-state index contributed by atoms with van der Waals surface area (Å²) in [7, 11) is 0. The molecule has 3 aromatic rings. The molecule has 0 saturated carbocycles. The Hall–Kier alpha value is -2.56. The lowest BCUT2D eigenvalue weighted by atomic mass is 10.2. The molecule has 0 aliphatic rings. The number of rotatable bonds is 4. The van der Waals surface area contributed by atoms with Crippen molar-refractivity contribution in [2.75, 3.05) is 0 Å². The van der Waals surface area contributed by atoms with Gasteiger partial charge >= 0.3 is 0 Å². The number of para-hydroxylation sites is 2. The van der Waals surface area contributed by atoms with E-state index in [1.165, 1.54) is 0 Å². The van der Waals surface area contributed by atoms with E-state index in [0.29, 0.717) is 17.2 Å². The lowest BCUT2D eigenvalue weighted by Crippen LogP contribution is -2.23. The van der Waals surface area contributed by atoms with Crippen LogP contribution < -0.4 is 5.32 Å². The zero-order valence-electron chi connectivity index (χ0n) is 12.0. The topological polar surface area (TPSA) is 68.3 Å². The third kappa shape index (κ3) is 2.67. The number of aromatic nitrogens is 1. The van der Waals surface area contributed by atoms with Crippen molar-refractivity contribution in [1.29, 1.82) is 0 Å². The number of hydrogen-bond acceptors (Lipinski definition) is 4. The van der Waals surface area contributed by atoms with Crippen LogP contribution in [0.1, 0.15) is 34.7 Å². The average molecular weight is 284 g/mol. The first-order valence-corrected chi connectivity index (χ1v) is 6.89. The van der Waals surface area contributed by atoms with Crippen molar-refractivity contribution in [3.8, 4) is 0 Å². The van der Waals surface area contributed by atoms with E-state index in [9.17, 15) is 4.79 Å². The van der Waals surface area contributed by atoms with Gasteiger partial charge in [0.05, 0.1) is 6.54 Å². The molecule has 0 bridgehead atoms. The van der Waals surface area contributed by atoms with Gasteiger partial charge < -0.3 is 14.2 Å². The molecule has 0 fully saturated rings. The molecule has 3 rings (SSSR count). The van der Waals surface area contributed by atoms with Gasteiger partial charge in [-0.15, -0.1) is 0 Å². The van der Waals surface area contributed by atoms with Gasteiger partial charge in [-0.2, -0.15) is 0 Å². The Morgan fingerprint density at radius 3 is 2.81 bits per heavy atom. The van der Waals surface area contributed by atoms with Crippen LogP contribution in [0.3, 0.4) is 0 Å². The van der Waals surface area contributed by atoms with Gasteiger partial charge in [-0.3, -0.25) is 4.79 Å². The highest BCUT2D eigenvalue weighted by atomic mass is 16.4. The molecule has 0 radical (unpaired) electrons. The van der Waals surface area contributed by atoms with Crippen LogP contribution in [0.2, 0.25) is 0 Å². The van der Waals surface area contributed by atoms with Crippen molar-refractivity contribution in [3.05, 3.63) is 53.3 Å². The first kappa shape index (κ1) is 13.4. The molecule has 1 N–H and O–H groups in total. The van der Waals surface area contributed by atoms with Gasteiger partial charge in [-0.05, 0) is 25.1 Å². The van der Waals surface area contributed by atoms with Crippen molar-refractivity contribution in [2.24, 2.45) is 0 Å². The summed E-state index contributed by atoms with van der Waals surface area (Å²) in [6, 6.07) is 9.38. The second-order valence-corrected chi connectivity index (χ2v) is 4.84. The van der Waals surface area contributed by atoms with E-state index in [0.717, 1.165) is 23.3 Å². The lowest BCUT2D eigenvalue weighted by molar-refractivity contribution is 0.0917. The minimum absolute atomic E-state index is 0.231. The molecule has 21 heavy (non-hydrogen) atoms. The maximum Gasteiger partial charge on any atom is 0.287 e. The average Bonchev–Trinajstić information content (AvgIpc) is 3.07. The number of furan rings is 1. The van der Waals surface area contributed by atoms with Crippen LogP contribution in [-0.2, 0) is 13.0 Å². The fraction of sp³-hybridized carbons (Fsp3) is 0.250. The predicted octanol–water partition coefficient (Wildman–Crippen LogP) is 3.22. The van der Waals surface area contributed by atoms with E-state index in [4.69, 9.17) is 8.83 Å². The quantitative estimate of drug-likeness (QED) is 0.798.